The summed E-state index contributed by atoms with van der Waals surface area (Å²) in [5.74, 6) is 0.0842. The van der Waals surface area contributed by atoms with E-state index in [-0.39, 0.29) is 11.6 Å². The lowest BCUT2D eigenvalue weighted by atomic mass is 10.1. The van der Waals surface area contributed by atoms with E-state index in [2.05, 4.69) is 5.16 Å². The Bertz CT molecular complexity index is 686. The van der Waals surface area contributed by atoms with Crippen molar-refractivity contribution in [3.8, 4) is 5.75 Å². The molecule has 1 N–H and O–H groups in total. The molecule has 0 aromatic heterocycles. The van der Waals surface area contributed by atoms with Crippen LogP contribution < -0.4 is 4.74 Å². The van der Waals surface area contributed by atoms with Gasteiger partial charge in [0.25, 0.3) is 0 Å². The largest absolute Gasteiger partial charge is 0.488 e. The molecule has 0 radical (unpaired) electrons. The second kappa shape index (κ2) is 6.59. The van der Waals surface area contributed by atoms with E-state index >= 15 is 0 Å². The topological polar surface area (TPSA) is 41.8 Å². The van der Waals surface area contributed by atoms with Gasteiger partial charge in [0.2, 0.25) is 0 Å². The van der Waals surface area contributed by atoms with E-state index < -0.39 is 5.82 Å². The Kier molecular flexibility index (Phi) is 4.81. The average Bonchev–Trinajstić information content (AvgIpc) is 2.48. The summed E-state index contributed by atoms with van der Waals surface area (Å²) < 4.78 is 19.1. The van der Waals surface area contributed by atoms with E-state index in [4.69, 9.17) is 21.5 Å². The zero-order valence-corrected chi connectivity index (χ0v) is 12.5. The van der Waals surface area contributed by atoms with Crippen molar-refractivity contribution in [3.63, 3.8) is 0 Å². The van der Waals surface area contributed by atoms with Crippen LogP contribution in [0, 0.1) is 12.7 Å². The highest BCUT2D eigenvalue weighted by Crippen LogP contribution is 2.25. The number of ether oxygens (including phenoxy) is 1. The average molecular weight is 308 g/mol. The molecule has 0 aliphatic carbocycles. The Hall–Kier alpha value is -2.07. The Labute approximate surface area is 127 Å². The zero-order chi connectivity index (χ0) is 15.4. The number of rotatable bonds is 4. The molecular weight excluding hydrogens is 293 g/mol. The first-order chi connectivity index (χ1) is 10.0. The minimum Gasteiger partial charge on any atom is -0.488 e. The molecule has 2 rings (SSSR count). The Morgan fingerprint density at radius 2 is 2.10 bits per heavy atom. The molecule has 0 unspecified atom stereocenters. The van der Waals surface area contributed by atoms with Crippen LogP contribution in [0.15, 0.2) is 41.6 Å². The second-order valence-corrected chi connectivity index (χ2v) is 5.06. The molecule has 110 valence electrons. The first-order valence-electron chi connectivity index (χ1n) is 6.38. The lowest BCUT2D eigenvalue weighted by Crippen LogP contribution is -2.03. The quantitative estimate of drug-likeness (QED) is 0.511. The number of oxime groups is 1. The lowest BCUT2D eigenvalue weighted by molar-refractivity contribution is 0.302. The minimum atomic E-state index is -0.477. The fraction of sp³-hybridized carbons (Fsp3) is 0.188. The molecule has 0 spiro atoms. The Morgan fingerprint density at radius 1 is 1.33 bits per heavy atom. The van der Waals surface area contributed by atoms with Crippen molar-refractivity contribution < 1.29 is 14.3 Å². The molecular formula is C16H15ClFNO2. The first kappa shape index (κ1) is 15.3. The van der Waals surface area contributed by atoms with E-state index in [1.807, 2.05) is 25.1 Å². The number of aryl methyl sites for hydroxylation is 1. The van der Waals surface area contributed by atoms with Crippen LogP contribution in [0.4, 0.5) is 4.39 Å². The van der Waals surface area contributed by atoms with E-state index in [1.54, 1.807) is 19.1 Å². The lowest BCUT2D eigenvalue weighted by Gasteiger charge is -2.12. The van der Waals surface area contributed by atoms with Crippen LogP contribution in [-0.4, -0.2) is 10.9 Å². The van der Waals surface area contributed by atoms with Gasteiger partial charge in [-0.2, -0.15) is 0 Å². The van der Waals surface area contributed by atoms with Crippen LogP contribution in [-0.2, 0) is 6.61 Å². The van der Waals surface area contributed by atoms with Gasteiger partial charge in [0.15, 0.2) is 0 Å². The SMILES string of the molecule is C/C(=N/O)c1ccc(C)cc1OCc1cccc(F)c1Cl. The summed E-state index contributed by atoms with van der Waals surface area (Å²) in [7, 11) is 0. The molecule has 0 saturated carbocycles. The van der Waals surface area contributed by atoms with Crippen molar-refractivity contribution in [1.29, 1.82) is 0 Å². The molecule has 0 bridgehead atoms. The number of hydrogen-bond acceptors (Lipinski definition) is 3. The summed E-state index contributed by atoms with van der Waals surface area (Å²) in [6.07, 6.45) is 0. The maximum Gasteiger partial charge on any atom is 0.142 e. The van der Waals surface area contributed by atoms with Crippen molar-refractivity contribution in [2.75, 3.05) is 0 Å². The fourth-order valence-corrected chi connectivity index (χ4v) is 2.10. The highest BCUT2D eigenvalue weighted by molar-refractivity contribution is 6.31. The number of halogens is 2. The summed E-state index contributed by atoms with van der Waals surface area (Å²) in [6.45, 7) is 3.73. The van der Waals surface area contributed by atoms with Gasteiger partial charge >= 0.3 is 0 Å². The van der Waals surface area contributed by atoms with Crippen LogP contribution in [0.3, 0.4) is 0 Å². The van der Waals surface area contributed by atoms with Gasteiger partial charge in [0, 0.05) is 11.1 Å². The third-order valence-corrected chi connectivity index (χ3v) is 3.51. The standard InChI is InChI=1S/C16H15ClFNO2/c1-10-6-7-13(11(2)19-20)15(8-10)21-9-12-4-3-5-14(18)16(12)17/h3-8,20H,9H2,1-2H3/b19-11-. The van der Waals surface area contributed by atoms with Crippen LogP contribution in [0.1, 0.15) is 23.6 Å². The molecule has 3 nitrogen and oxygen atoms in total. The van der Waals surface area contributed by atoms with Crippen LogP contribution in [0.5, 0.6) is 5.75 Å². The Balaban J connectivity index is 2.27. The van der Waals surface area contributed by atoms with Crippen molar-refractivity contribution in [1.82, 2.24) is 0 Å². The van der Waals surface area contributed by atoms with Crippen LogP contribution >= 0.6 is 11.6 Å². The maximum atomic E-state index is 13.4. The zero-order valence-electron chi connectivity index (χ0n) is 11.7. The highest BCUT2D eigenvalue weighted by Gasteiger charge is 2.10. The normalized spacial score (nSPS) is 11.5. The molecule has 5 heteroatoms. The van der Waals surface area contributed by atoms with Crippen LogP contribution in [0.25, 0.3) is 0 Å². The van der Waals surface area contributed by atoms with Crippen molar-refractivity contribution in [3.05, 3.63) is 63.9 Å². The number of nitrogens with zero attached hydrogens (tertiary/aromatic N) is 1. The van der Waals surface area contributed by atoms with Crippen molar-refractivity contribution in [2.24, 2.45) is 5.16 Å². The van der Waals surface area contributed by atoms with Gasteiger partial charge in [-0.05, 0) is 37.6 Å². The van der Waals surface area contributed by atoms with Gasteiger partial charge in [-0.3, -0.25) is 0 Å². The van der Waals surface area contributed by atoms with Gasteiger partial charge in [0.05, 0.1) is 10.7 Å². The molecule has 2 aromatic carbocycles. The molecule has 0 saturated heterocycles. The first-order valence-corrected chi connectivity index (χ1v) is 6.76. The third kappa shape index (κ3) is 3.52. The smallest absolute Gasteiger partial charge is 0.142 e. The van der Waals surface area contributed by atoms with E-state index in [1.165, 1.54) is 6.07 Å². The molecule has 0 fully saturated rings. The third-order valence-electron chi connectivity index (χ3n) is 3.09. The predicted molar refractivity (Wildman–Crippen MR) is 80.9 cm³/mol. The molecule has 2 aromatic rings. The Morgan fingerprint density at radius 3 is 2.81 bits per heavy atom. The van der Waals surface area contributed by atoms with Crippen LogP contribution in [0.2, 0.25) is 5.02 Å². The summed E-state index contributed by atoms with van der Waals surface area (Å²) >= 11 is 5.90. The van der Waals surface area contributed by atoms with Gasteiger partial charge in [-0.25, -0.2) is 4.39 Å². The molecule has 0 atom stereocenters. The number of benzene rings is 2. The van der Waals surface area contributed by atoms with Gasteiger partial charge in [-0.15, -0.1) is 0 Å². The molecule has 0 aliphatic rings. The summed E-state index contributed by atoms with van der Waals surface area (Å²) in [5, 5.41) is 12.2. The molecule has 0 aliphatic heterocycles. The predicted octanol–water partition coefficient (Wildman–Crippen LogP) is 4.56. The van der Waals surface area contributed by atoms with Gasteiger partial charge < -0.3 is 9.94 Å². The summed E-state index contributed by atoms with van der Waals surface area (Å²) in [6, 6.07) is 10.1. The second-order valence-electron chi connectivity index (χ2n) is 4.69. The van der Waals surface area contributed by atoms with E-state index in [9.17, 15) is 4.39 Å². The molecule has 0 amide bonds. The minimum absolute atomic E-state index is 0.0549. The molecule has 0 heterocycles. The molecule has 21 heavy (non-hydrogen) atoms. The van der Waals surface area contributed by atoms with E-state index in [0.717, 1.165) is 5.56 Å². The summed E-state index contributed by atoms with van der Waals surface area (Å²) in [4.78, 5) is 0. The fourth-order valence-electron chi connectivity index (χ4n) is 1.92. The van der Waals surface area contributed by atoms with E-state index in [0.29, 0.717) is 22.6 Å². The monoisotopic (exact) mass is 307 g/mol. The number of hydrogen-bond donors (Lipinski definition) is 1. The van der Waals surface area contributed by atoms with Gasteiger partial charge in [0.1, 0.15) is 18.2 Å². The van der Waals surface area contributed by atoms with Crippen molar-refractivity contribution >= 4 is 17.3 Å². The maximum absolute atomic E-state index is 13.4. The highest BCUT2D eigenvalue weighted by atomic mass is 35.5. The summed E-state index contributed by atoms with van der Waals surface area (Å²) in [5.41, 5.74) is 2.68. The van der Waals surface area contributed by atoms with Crippen molar-refractivity contribution in [2.45, 2.75) is 20.5 Å². The van der Waals surface area contributed by atoms with Gasteiger partial charge in [-0.1, -0.05) is 35.0 Å².